The van der Waals surface area contributed by atoms with E-state index in [4.69, 9.17) is 4.74 Å². The third kappa shape index (κ3) is 4.97. The highest BCUT2D eigenvalue weighted by atomic mass is 16.5. The Labute approximate surface area is 108 Å². The maximum atomic E-state index is 6.09. The Kier molecular flexibility index (Phi) is 5.03. The van der Waals surface area contributed by atoms with Gasteiger partial charge in [0, 0.05) is 6.04 Å². The van der Waals surface area contributed by atoms with Crippen molar-refractivity contribution in [3.8, 4) is 0 Å². The Balaban J connectivity index is 2.32. The summed E-state index contributed by atoms with van der Waals surface area (Å²) in [6, 6.07) is 0.442. The van der Waals surface area contributed by atoms with Crippen LogP contribution in [-0.2, 0) is 4.74 Å². The molecule has 2 nitrogen and oxygen atoms in total. The molecule has 17 heavy (non-hydrogen) atoms. The zero-order chi connectivity index (χ0) is 13.1. The second kappa shape index (κ2) is 5.71. The van der Waals surface area contributed by atoms with Crippen molar-refractivity contribution in [2.75, 3.05) is 13.7 Å². The van der Waals surface area contributed by atoms with Crippen molar-refractivity contribution in [1.82, 2.24) is 5.32 Å². The minimum atomic E-state index is 0.267. The van der Waals surface area contributed by atoms with Crippen LogP contribution in [0.4, 0.5) is 0 Å². The van der Waals surface area contributed by atoms with Gasteiger partial charge in [0.1, 0.15) is 0 Å². The van der Waals surface area contributed by atoms with Gasteiger partial charge in [0.25, 0.3) is 0 Å². The normalized spacial score (nSPS) is 23.6. The van der Waals surface area contributed by atoms with Crippen LogP contribution in [0.1, 0.15) is 60.3 Å². The van der Waals surface area contributed by atoms with Crippen LogP contribution in [0.2, 0.25) is 0 Å². The first kappa shape index (κ1) is 15.0. The van der Waals surface area contributed by atoms with Gasteiger partial charge in [-0.15, -0.1) is 0 Å². The number of ether oxygens (including phenoxy) is 1. The van der Waals surface area contributed by atoms with Gasteiger partial charge in [-0.05, 0) is 43.6 Å². The number of hydrogen-bond donors (Lipinski definition) is 1. The molecule has 1 atom stereocenters. The van der Waals surface area contributed by atoms with Gasteiger partial charge in [0.05, 0.1) is 12.7 Å². The third-order valence-electron chi connectivity index (χ3n) is 4.18. The van der Waals surface area contributed by atoms with Crippen LogP contribution in [0, 0.1) is 10.8 Å². The quantitative estimate of drug-likeness (QED) is 0.812. The fourth-order valence-electron chi connectivity index (χ4n) is 2.54. The summed E-state index contributed by atoms with van der Waals surface area (Å²) in [6.07, 6.45) is 5.55. The van der Waals surface area contributed by atoms with E-state index >= 15 is 0 Å². The van der Waals surface area contributed by atoms with E-state index in [1.807, 2.05) is 7.05 Å². The number of nitrogens with one attached hydrogen (secondary N) is 1. The Morgan fingerprint density at radius 3 is 2.18 bits per heavy atom. The minimum absolute atomic E-state index is 0.267. The van der Waals surface area contributed by atoms with Crippen molar-refractivity contribution in [3.63, 3.8) is 0 Å². The van der Waals surface area contributed by atoms with E-state index < -0.39 is 0 Å². The SMILES string of the molecule is CNC(COC1CCC(C)(C)CC1)C(C)(C)C. The lowest BCUT2D eigenvalue weighted by atomic mass is 9.76. The Bertz CT molecular complexity index is 220. The monoisotopic (exact) mass is 241 g/mol. The molecule has 0 saturated heterocycles. The number of hydrogen-bond acceptors (Lipinski definition) is 2. The van der Waals surface area contributed by atoms with Crippen molar-refractivity contribution >= 4 is 0 Å². The summed E-state index contributed by atoms with van der Waals surface area (Å²) in [6.45, 7) is 12.4. The number of rotatable bonds is 4. The van der Waals surface area contributed by atoms with Crippen LogP contribution in [0.3, 0.4) is 0 Å². The molecule has 0 radical (unpaired) electrons. The van der Waals surface area contributed by atoms with Crippen molar-refractivity contribution in [2.24, 2.45) is 10.8 Å². The van der Waals surface area contributed by atoms with Gasteiger partial charge in [0.2, 0.25) is 0 Å². The molecule has 0 aromatic rings. The molecule has 1 aliphatic rings. The summed E-state index contributed by atoms with van der Waals surface area (Å²) in [5.41, 5.74) is 0.801. The average molecular weight is 241 g/mol. The first-order valence-corrected chi connectivity index (χ1v) is 7.03. The number of likely N-dealkylation sites (N-methyl/N-ethyl adjacent to an activating group) is 1. The lowest BCUT2D eigenvalue weighted by Gasteiger charge is -2.36. The molecule has 0 aliphatic heterocycles. The van der Waals surface area contributed by atoms with Crippen LogP contribution < -0.4 is 5.32 Å². The van der Waals surface area contributed by atoms with Crippen molar-refractivity contribution < 1.29 is 4.74 Å². The molecule has 1 fully saturated rings. The fraction of sp³-hybridized carbons (Fsp3) is 1.00. The zero-order valence-corrected chi connectivity index (χ0v) is 12.6. The molecule has 0 amide bonds. The van der Waals surface area contributed by atoms with Crippen molar-refractivity contribution in [2.45, 2.75) is 72.4 Å². The van der Waals surface area contributed by atoms with E-state index in [1.54, 1.807) is 0 Å². The van der Waals surface area contributed by atoms with E-state index in [1.165, 1.54) is 25.7 Å². The molecular weight excluding hydrogens is 210 g/mol. The van der Waals surface area contributed by atoms with Gasteiger partial charge in [-0.2, -0.15) is 0 Å². The molecule has 0 bridgehead atoms. The van der Waals surface area contributed by atoms with E-state index in [0.29, 0.717) is 17.6 Å². The van der Waals surface area contributed by atoms with Gasteiger partial charge in [0.15, 0.2) is 0 Å². The first-order chi connectivity index (χ1) is 7.74. The summed E-state index contributed by atoms with van der Waals surface area (Å²) in [5.74, 6) is 0. The van der Waals surface area contributed by atoms with Crippen LogP contribution in [0.5, 0.6) is 0 Å². The molecule has 1 N–H and O–H groups in total. The van der Waals surface area contributed by atoms with Gasteiger partial charge in [-0.3, -0.25) is 0 Å². The lowest BCUT2D eigenvalue weighted by Crippen LogP contribution is -2.43. The van der Waals surface area contributed by atoms with E-state index in [-0.39, 0.29) is 5.41 Å². The average Bonchev–Trinajstić information content (AvgIpc) is 2.19. The van der Waals surface area contributed by atoms with Crippen molar-refractivity contribution in [3.05, 3.63) is 0 Å². The van der Waals surface area contributed by atoms with Crippen LogP contribution in [0.15, 0.2) is 0 Å². The van der Waals surface area contributed by atoms with E-state index in [2.05, 4.69) is 39.9 Å². The van der Waals surface area contributed by atoms with Crippen LogP contribution >= 0.6 is 0 Å². The summed E-state index contributed by atoms with van der Waals surface area (Å²) in [7, 11) is 2.03. The largest absolute Gasteiger partial charge is 0.377 e. The molecule has 102 valence electrons. The summed E-state index contributed by atoms with van der Waals surface area (Å²) >= 11 is 0. The molecule has 0 heterocycles. The second-order valence-electron chi connectivity index (χ2n) is 7.40. The van der Waals surface area contributed by atoms with Gasteiger partial charge in [-0.25, -0.2) is 0 Å². The molecule has 1 rings (SSSR count). The molecule has 1 unspecified atom stereocenters. The molecule has 1 saturated carbocycles. The molecular formula is C15H31NO. The van der Waals surface area contributed by atoms with Crippen LogP contribution in [0.25, 0.3) is 0 Å². The molecule has 0 aromatic carbocycles. The maximum absolute atomic E-state index is 6.09. The Morgan fingerprint density at radius 1 is 1.24 bits per heavy atom. The molecule has 2 heteroatoms. The van der Waals surface area contributed by atoms with Gasteiger partial charge < -0.3 is 10.1 Å². The molecule has 0 spiro atoms. The van der Waals surface area contributed by atoms with Crippen molar-refractivity contribution in [1.29, 1.82) is 0 Å². The van der Waals surface area contributed by atoms with Gasteiger partial charge >= 0.3 is 0 Å². The third-order valence-corrected chi connectivity index (χ3v) is 4.18. The Hall–Kier alpha value is -0.0800. The Morgan fingerprint density at radius 2 is 1.76 bits per heavy atom. The second-order valence-corrected chi connectivity index (χ2v) is 7.40. The van der Waals surface area contributed by atoms with Gasteiger partial charge in [-0.1, -0.05) is 34.6 Å². The molecule has 1 aliphatic carbocycles. The smallest absolute Gasteiger partial charge is 0.0628 e. The highest BCUT2D eigenvalue weighted by molar-refractivity contribution is 4.82. The topological polar surface area (TPSA) is 21.3 Å². The summed E-state index contributed by atoms with van der Waals surface area (Å²) in [4.78, 5) is 0. The maximum Gasteiger partial charge on any atom is 0.0628 e. The molecule has 0 aromatic heterocycles. The minimum Gasteiger partial charge on any atom is -0.377 e. The van der Waals surface area contributed by atoms with E-state index in [0.717, 1.165) is 6.61 Å². The fourth-order valence-corrected chi connectivity index (χ4v) is 2.54. The predicted octanol–water partition coefficient (Wildman–Crippen LogP) is 3.61. The lowest BCUT2D eigenvalue weighted by molar-refractivity contribution is -0.0178. The predicted molar refractivity (Wildman–Crippen MR) is 74.3 cm³/mol. The highest BCUT2D eigenvalue weighted by Gasteiger charge is 2.29. The summed E-state index contributed by atoms with van der Waals surface area (Å²) < 4.78 is 6.09. The van der Waals surface area contributed by atoms with E-state index in [9.17, 15) is 0 Å². The highest BCUT2D eigenvalue weighted by Crippen LogP contribution is 2.36. The first-order valence-electron chi connectivity index (χ1n) is 7.03. The van der Waals surface area contributed by atoms with Crippen LogP contribution in [-0.4, -0.2) is 25.8 Å². The zero-order valence-electron chi connectivity index (χ0n) is 12.6. The standard InChI is InChI=1S/C15H31NO/c1-14(2,3)13(16-6)11-17-12-7-9-15(4,5)10-8-12/h12-13,16H,7-11H2,1-6H3. The summed E-state index contributed by atoms with van der Waals surface area (Å²) in [5, 5.41) is 3.37.